The maximum atomic E-state index is 13.4. The fourth-order valence-corrected chi connectivity index (χ4v) is 4.22. The Morgan fingerprint density at radius 1 is 1.06 bits per heavy atom. The fraction of sp³-hybridized carbons (Fsp3) is 0.375. The quantitative estimate of drug-likeness (QED) is 0.438. The minimum Gasteiger partial charge on any atom is -0.384 e. The first-order valence-electron chi connectivity index (χ1n) is 10.8. The minimum atomic E-state index is -0.344. The lowest BCUT2D eigenvalue weighted by molar-refractivity contribution is -0.131. The van der Waals surface area contributed by atoms with E-state index in [1.165, 1.54) is 4.90 Å². The normalized spacial score (nSPS) is 18.1. The minimum absolute atomic E-state index is 0.0991. The fourth-order valence-electron chi connectivity index (χ4n) is 4.10. The number of likely N-dealkylation sites (N-methyl/N-ethyl adjacent to an activating group) is 1. The summed E-state index contributed by atoms with van der Waals surface area (Å²) in [7, 11) is 1.80. The zero-order valence-electron chi connectivity index (χ0n) is 18.3. The van der Waals surface area contributed by atoms with Gasteiger partial charge in [0.25, 0.3) is 5.91 Å². The summed E-state index contributed by atoms with van der Waals surface area (Å²) in [6, 6.07) is 13.5. The van der Waals surface area contributed by atoms with E-state index in [-0.39, 0.29) is 30.2 Å². The van der Waals surface area contributed by atoms with E-state index in [2.05, 4.69) is 0 Å². The number of benzene rings is 2. The number of rotatable bonds is 7. The van der Waals surface area contributed by atoms with Gasteiger partial charge in [0, 0.05) is 34.9 Å². The molecule has 2 aromatic carbocycles. The molecule has 0 aliphatic heterocycles. The van der Waals surface area contributed by atoms with Gasteiger partial charge in [0.15, 0.2) is 0 Å². The van der Waals surface area contributed by atoms with Crippen LogP contribution in [0.1, 0.15) is 41.6 Å². The topological polar surface area (TPSA) is 117 Å². The molecule has 5 N–H and O–H groups in total. The molecular weight excluding hydrogens is 426 g/mol. The number of anilines is 1. The number of hydrogen-bond donors (Lipinski definition) is 3. The molecular formula is C24H30ClN5O2. The van der Waals surface area contributed by atoms with E-state index in [9.17, 15) is 9.59 Å². The Hall–Kier alpha value is -2.90. The monoisotopic (exact) mass is 455 g/mol. The third-order valence-corrected chi connectivity index (χ3v) is 6.44. The molecule has 0 heterocycles. The Bertz CT molecular complexity index is 971. The predicted molar refractivity (Wildman–Crippen MR) is 128 cm³/mol. The Kier molecular flexibility index (Phi) is 7.88. The number of carbonyl (C=O) groups is 2. The van der Waals surface area contributed by atoms with Crippen molar-refractivity contribution in [3.05, 3.63) is 64.7 Å². The lowest BCUT2D eigenvalue weighted by Gasteiger charge is -2.35. The third-order valence-electron chi connectivity index (χ3n) is 6.19. The zero-order valence-corrected chi connectivity index (χ0v) is 19.0. The molecule has 0 spiro atoms. The van der Waals surface area contributed by atoms with E-state index in [0.717, 1.165) is 25.7 Å². The van der Waals surface area contributed by atoms with Gasteiger partial charge in [-0.2, -0.15) is 0 Å². The number of carbonyl (C=O) groups excluding carboxylic acids is 2. The number of nitrogen functional groups attached to an aromatic ring is 1. The second-order valence-corrected chi connectivity index (χ2v) is 8.71. The molecule has 0 atom stereocenters. The smallest absolute Gasteiger partial charge is 0.258 e. The summed E-state index contributed by atoms with van der Waals surface area (Å²) < 4.78 is 0. The van der Waals surface area contributed by atoms with Crippen molar-refractivity contribution in [1.82, 2.24) is 4.90 Å². The number of amides is 2. The summed E-state index contributed by atoms with van der Waals surface area (Å²) >= 11 is 6.02. The highest BCUT2D eigenvalue weighted by Gasteiger charge is 2.29. The van der Waals surface area contributed by atoms with Crippen LogP contribution in [0.25, 0.3) is 0 Å². The molecule has 2 amide bonds. The number of nitrogens with two attached hydrogens (primary N) is 2. The van der Waals surface area contributed by atoms with Gasteiger partial charge in [-0.15, -0.1) is 0 Å². The van der Waals surface area contributed by atoms with Crippen molar-refractivity contribution >= 4 is 34.9 Å². The SMILES string of the molecule is CN(C(=O)CN(C(=O)c1cccc(C(=N)N)c1)c1ccc(Cl)cc1)C1CCC(CN)CC1. The molecule has 0 radical (unpaired) electrons. The van der Waals surface area contributed by atoms with Crippen molar-refractivity contribution < 1.29 is 9.59 Å². The van der Waals surface area contributed by atoms with Crippen molar-refractivity contribution in [3.8, 4) is 0 Å². The molecule has 8 heteroatoms. The van der Waals surface area contributed by atoms with E-state index >= 15 is 0 Å². The largest absolute Gasteiger partial charge is 0.384 e. The lowest BCUT2D eigenvalue weighted by atomic mass is 9.85. The Morgan fingerprint density at radius 3 is 2.28 bits per heavy atom. The maximum Gasteiger partial charge on any atom is 0.258 e. The van der Waals surface area contributed by atoms with E-state index in [0.29, 0.717) is 34.3 Å². The van der Waals surface area contributed by atoms with Crippen LogP contribution in [0.15, 0.2) is 48.5 Å². The van der Waals surface area contributed by atoms with Crippen LogP contribution < -0.4 is 16.4 Å². The molecule has 170 valence electrons. The van der Waals surface area contributed by atoms with Gasteiger partial charge in [0.1, 0.15) is 12.4 Å². The molecule has 1 saturated carbocycles. The van der Waals surface area contributed by atoms with Crippen LogP contribution in [0.2, 0.25) is 5.02 Å². The molecule has 32 heavy (non-hydrogen) atoms. The van der Waals surface area contributed by atoms with Crippen LogP contribution in [-0.2, 0) is 4.79 Å². The molecule has 0 aromatic heterocycles. The third kappa shape index (κ3) is 5.66. The second kappa shape index (κ2) is 10.6. The number of amidine groups is 1. The highest BCUT2D eigenvalue weighted by molar-refractivity contribution is 6.30. The summed E-state index contributed by atoms with van der Waals surface area (Å²) in [4.78, 5) is 29.8. The van der Waals surface area contributed by atoms with Crippen LogP contribution >= 0.6 is 11.6 Å². The van der Waals surface area contributed by atoms with Gasteiger partial charge in [-0.05, 0) is 74.5 Å². The van der Waals surface area contributed by atoms with Gasteiger partial charge in [-0.25, -0.2) is 0 Å². The Labute approximate surface area is 193 Å². The van der Waals surface area contributed by atoms with Crippen molar-refractivity contribution in [2.75, 3.05) is 25.0 Å². The Balaban J connectivity index is 1.82. The van der Waals surface area contributed by atoms with Gasteiger partial charge >= 0.3 is 0 Å². The van der Waals surface area contributed by atoms with E-state index in [4.69, 9.17) is 28.5 Å². The van der Waals surface area contributed by atoms with Gasteiger partial charge in [0.2, 0.25) is 5.91 Å². The number of nitrogens with zero attached hydrogens (tertiary/aromatic N) is 2. The Morgan fingerprint density at radius 2 is 1.69 bits per heavy atom. The van der Waals surface area contributed by atoms with Gasteiger partial charge < -0.3 is 16.4 Å². The number of nitrogens with one attached hydrogen (secondary N) is 1. The first kappa shape index (κ1) is 23.8. The summed E-state index contributed by atoms with van der Waals surface area (Å²) in [6.45, 7) is 0.584. The summed E-state index contributed by atoms with van der Waals surface area (Å²) in [6.07, 6.45) is 3.85. The zero-order chi connectivity index (χ0) is 23.3. The van der Waals surface area contributed by atoms with Crippen LogP contribution in [0.4, 0.5) is 5.69 Å². The van der Waals surface area contributed by atoms with Crippen molar-refractivity contribution in [2.24, 2.45) is 17.4 Å². The molecule has 7 nitrogen and oxygen atoms in total. The molecule has 1 aliphatic carbocycles. The maximum absolute atomic E-state index is 13.4. The van der Waals surface area contributed by atoms with Crippen LogP contribution in [0.3, 0.4) is 0 Å². The summed E-state index contributed by atoms with van der Waals surface area (Å²) in [5.74, 6) is -0.0757. The number of hydrogen-bond acceptors (Lipinski definition) is 4. The molecule has 1 aliphatic rings. The highest BCUT2D eigenvalue weighted by atomic mass is 35.5. The highest BCUT2D eigenvalue weighted by Crippen LogP contribution is 2.27. The van der Waals surface area contributed by atoms with Crippen LogP contribution in [0.5, 0.6) is 0 Å². The van der Waals surface area contributed by atoms with Crippen LogP contribution in [-0.4, -0.2) is 48.7 Å². The first-order chi connectivity index (χ1) is 15.3. The average Bonchev–Trinajstić information content (AvgIpc) is 2.82. The van der Waals surface area contributed by atoms with E-state index in [1.807, 2.05) is 0 Å². The average molecular weight is 456 g/mol. The molecule has 3 rings (SSSR count). The first-order valence-corrected chi connectivity index (χ1v) is 11.2. The molecule has 1 fully saturated rings. The molecule has 2 aromatic rings. The lowest BCUT2D eigenvalue weighted by Crippen LogP contribution is -2.46. The standard InChI is InChI=1S/C24H30ClN5O2/c1-29(20-9-5-16(14-26)6-10-20)22(31)15-30(21-11-7-19(25)8-12-21)24(32)18-4-2-3-17(13-18)23(27)28/h2-4,7-8,11-13,16,20H,5-6,9-10,14-15,26H2,1H3,(H3,27,28). The molecule has 0 bridgehead atoms. The summed E-state index contributed by atoms with van der Waals surface area (Å²) in [5, 5.41) is 8.19. The van der Waals surface area contributed by atoms with Crippen molar-refractivity contribution in [1.29, 1.82) is 5.41 Å². The predicted octanol–water partition coefficient (Wildman–Crippen LogP) is 3.25. The van der Waals surface area contributed by atoms with Crippen molar-refractivity contribution in [2.45, 2.75) is 31.7 Å². The second-order valence-electron chi connectivity index (χ2n) is 8.28. The number of halogens is 1. The molecule has 0 saturated heterocycles. The van der Waals surface area contributed by atoms with Gasteiger partial charge in [-0.1, -0.05) is 23.7 Å². The van der Waals surface area contributed by atoms with Gasteiger partial charge in [0.05, 0.1) is 0 Å². The van der Waals surface area contributed by atoms with Gasteiger partial charge in [-0.3, -0.25) is 19.9 Å². The van der Waals surface area contributed by atoms with E-state index in [1.54, 1.807) is 60.5 Å². The van der Waals surface area contributed by atoms with Crippen LogP contribution in [0, 0.1) is 11.3 Å². The summed E-state index contributed by atoms with van der Waals surface area (Å²) in [5.41, 5.74) is 12.7. The molecule has 0 unspecified atom stereocenters. The van der Waals surface area contributed by atoms with Crippen molar-refractivity contribution in [3.63, 3.8) is 0 Å². The van der Waals surface area contributed by atoms with E-state index < -0.39 is 0 Å².